The highest BCUT2D eigenvalue weighted by Crippen LogP contribution is 2.36. The molecule has 8 rings (SSSR count). The van der Waals surface area contributed by atoms with Crippen LogP contribution in [-0.2, 0) is 28.6 Å². The molecule has 0 saturated carbocycles. The van der Waals surface area contributed by atoms with Gasteiger partial charge in [0.25, 0.3) is 17.7 Å². The lowest BCUT2D eigenvalue weighted by Gasteiger charge is -2.33. The summed E-state index contributed by atoms with van der Waals surface area (Å²) in [4.78, 5) is 75.2. The van der Waals surface area contributed by atoms with E-state index in [9.17, 15) is 24.0 Å². The number of nitrogens with zero attached hydrogens (tertiary/aromatic N) is 7. The number of imide groups is 2. The molecule has 8 N–H and O–H groups in total. The molecule has 5 aromatic rings. The zero-order valence-corrected chi connectivity index (χ0v) is 36.7. The van der Waals surface area contributed by atoms with Crippen molar-refractivity contribution in [2.75, 3.05) is 76.9 Å². The average Bonchev–Trinajstić information content (AvgIpc) is 3.85. The molecule has 5 heterocycles. The molecule has 2 fully saturated rings. The predicted molar refractivity (Wildman–Crippen MR) is 244 cm³/mol. The number of rotatable bonds is 20. The predicted octanol–water partition coefficient (Wildman–Crippen LogP) is 2.57. The Morgan fingerprint density at radius 1 is 0.866 bits per heavy atom. The number of nitrogens with one attached hydrogen (secondary N) is 2. The molecule has 2 atom stereocenters. The first-order chi connectivity index (χ1) is 32.6. The van der Waals surface area contributed by atoms with E-state index in [1.807, 2.05) is 59.3 Å². The molecular formula is C46H52N12O9. The summed E-state index contributed by atoms with van der Waals surface area (Å²) >= 11 is 0. The summed E-state index contributed by atoms with van der Waals surface area (Å²) < 4.78 is 24.7. The quantitative estimate of drug-likeness (QED) is 0.0247. The molecule has 2 saturated heterocycles. The van der Waals surface area contributed by atoms with Gasteiger partial charge < -0.3 is 45.6 Å². The second-order valence-electron chi connectivity index (χ2n) is 16.0. The fourth-order valence-electron chi connectivity index (χ4n) is 8.21. The number of piperidine rings is 2. The summed E-state index contributed by atoms with van der Waals surface area (Å²) in [7, 11) is 0. The van der Waals surface area contributed by atoms with Crippen LogP contribution < -0.4 is 32.7 Å². The standard InChI is InChI=1S/C46H52N12O9/c47-34(45(62)55-18-5-6-30(26-55)58-42-39(41(48)51-28-52-42)40(54-58)29-11-13-32(14-12-29)67-31-7-2-1-3-8-31)27-56(49)19-21-65-23-25-66-24-22-64-20-17-50-35-10-4-9-33-38(35)46(63)57(44(33)61)36-15-16-37(59)53-43(36)60/h1-4,7-14,27-28,30,36,50H,5-6,15-26,47,49H2,(H2,48,51,52)(H,53,59,60)/b34-27-/t30-,36?/m1/s1. The van der Waals surface area contributed by atoms with Gasteiger partial charge in [-0.2, -0.15) is 5.10 Å². The third-order valence-corrected chi connectivity index (χ3v) is 11.5. The smallest absolute Gasteiger partial charge is 0.271 e. The molecule has 0 bridgehead atoms. The number of aromatic nitrogens is 4. The number of hydrazine groups is 1. The third kappa shape index (κ3) is 10.7. The zero-order chi connectivity index (χ0) is 46.9. The van der Waals surface area contributed by atoms with E-state index in [4.69, 9.17) is 41.4 Å². The second-order valence-corrected chi connectivity index (χ2v) is 16.0. The molecule has 21 heteroatoms. The van der Waals surface area contributed by atoms with Crippen LogP contribution in [0.2, 0.25) is 0 Å². The number of nitrogens with two attached hydrogens (primary N) is 3. The minimum absolute atomic E-state index is 0.00947. The van der Waals surface area contributed by atoms with E-state index in [1.165, 1.54) is 23.6 Å². The molecule has 3 aliphatic heterocycles. The van der Waals surface area contributed by atoms with Gasteiger partial charge in [0.15, 0.2) is 5.65 Å². The second kappa shape index (κ2) is 21.2. The first kappa shape index (κ1) is 46.1. The Morgan fingerprint density at radius 3 is 2.36 bits per heavy atom. The Morgan fingerprint density at radius 2 is 1.60 bits per heavy atom. The summed E-state index contributed by atoms with van der Waals surface area (Å²) in [5.41, 5.74) is 15.5. The van der Waals surface area contributed by atoms with Gasteiger partial charge in [-0.3, -0.25) is 34.2 Å². The van der Waals surface area contributed by atoms with Crippen LogP contribution in [0.3, 0.4) is 0 Å². The molecule has 0 spiro atoms. The molecule has 3 aromatic carbocycles. The van der Waals surface area contributed by atoms with Crippen molar-refractivity contribution in [2.45, 2.75) is 37.8 Å². The van der Waals surface area contributed by atoms with Gasteiger partial charge in [0, 0.05) is 43.5 Å². The number of benzene rings is 3. The van der Waals surface area contributed by atoms with Crippen LogP contribution in [0.1, 0.15) is 52.4 Å². The molecule has 67 heavy (non-hydrogen) atoms. The van der Waals surface area contributed by atoms with Gasteiger partial charge in [-0.1, -0.05) is 24.3 Å². The number of amides is 5. The summed E-state index contributed by atoms with van der Waals surface area (Å²) in [6.45, 7) is 3.28. The molecular weight excluding hydrogens is 865 g/mol. The first-order valence-corrected chi connectivity index (χ1v) is 22.0. The van der Waals surface area contributed by atoms with Crippen molar-refractivity contribution in [3.05, 3.63) is 102 Å². The number of anilines is 2. The van der Waals surface area contributed by atoms with Crippen molar-refractivity contribution < 1.29 is 42.9 Å². The summed E-state index contributed by atoms with van der Waals surface area (Å²) in [5.74, 6) is 5.27. The van der Waals surface area contributed by atoms with Crippen molar-refractivity contribution in [1.82, 2.24) is 39.9 Å². The Bertz CT molecular complexity index is 2640. The molecule has 0 aliphatic carbocycles. The lowest BCUT2D eigenvalue weighted by molar-refractivity contribution is -0.136. The van der Waals surface area contributed by atoms with Crippen LogP contribution >= 0.6 is 0 Å². The van der Waals surface area contributed by atoms with Crippen molar-refractivity contribution in [3.8, 4) is 22.8 Å². The van der Waals surface area contributed by atoms with E-state index in [0.29, 0.717) is 86.7 Å². The zero-order valence-electron chi connectivity index (χ0n) is 36.7. The van der Waals surface area contributed by atoms with Gasteiger partial charge in [0.1, 0.15) is 41.1 Å². The molecule has 21 nitrogen and oxygen atoms in total. The first-order valence-electron chi connectivity index (χ1n) is 22.0. The number of fused-ring (bicyclic) bond motifs is 2. The van der Waals surface area contributed by atoms with Gasteiger partial charge in [0.2, 0.25) is 11.8 Å². The van der Waals surface area contributed by atoms with E-state index in [0.717, 1.165) is 29.1 Å². The maximum absolute atomic E-state index is 13.5. The number of para-hydroxylation sites is 1. The highest BCUT2D eigenvalue weighted by atomic mass is 16.5. The number of hydrogen-bond acceptors (Lipinski definition) is 17. The molecule has 350 valence electrons. The van der Waals surface area contributed by atoms with Crippen LogP contribution in [0.25, 0.3) is 22.3 Å². The third-order valence-electron chi connectivity index (χ3n) is 11.5. The molecule has 5 amide bonds. The maximum Gasteiger partial charge on any atom is 0.271 e. The monoisotopic (exact) mass is 916 g/mol. The topological polar surface area (TPSA) is 278 Å². The number of likely N-dealkylation sites (tertiary alicyclic amines) is 1. The van der Waals surface area contributed by atoms with Crippen LogP contribution in [0, 0.1) is 0 Å². The lowest BCUT2D eigenvalue weighted by Crippen LogP contribution is -2.54. The van der Waals surface area contributed by atoms with Crippen LogP contribution in [0.4, 0.5) is 11.5 Å². The van der Waals surface area contributed by atoms with Crippen molar-refractivity contribution in [2.24, 2.45) is 11.6 Å². The van der Waals surface area contributed by atoms with E-state index < -0.39 is 29.7 Å². The summed E-state index contributed by atoms with van der Waals surface area (Å²) in [6.07, 6.45) is 4.42. The highest BCUT2D eigenvalue weighted by molar-refractivity contribution is 6.25. The van der Waals surface area contributed by atoms with Gasteiger partial charge in [-0.25, -0.2) is 20.5 Å². The number of carbonyl (C=O) groups excluding carboxylic acids is 5. The number of carbonyl (C=O) groups is 5. The highest BCUT2D eigenvalue weighted by Gasteiger charge is 2.45. The molecule has 3 aliphatic rings. The maximum atomic E-state index is 13.5. The fraction of sp³-hybridized carbons (Fsp3) is 0.348. The minimum atomic E-state index is -1.04. The van der Waals surface area contributed by atoms with E-state index in [-0.39, 0.29) is 54.8 Å². The fourth-order valence-corrected chi connectivity index (χ4v) is 8.21. The Labute approximate surface area is 385 Å². The number of hydrogen-bond donors (Lipinski definition) is 5. The average molecular weight is 917 g/mol. The normalized spacial score (nSPS) is 17.5. The summed E-state index contributed by atoms with van der Waals surface area (Å²) in [5, 5.41) is 12.2. The Hall–Kier alpha value is -7.46. The van der Waals surface area contributed by atoms with Gasteiger partial charge >= 0.3 is 0 Å². The van der Waals surface area contributed by atoms with Gasteiger partial charge in [-0.05, 0) is 67.8 Å². The van der Waals surface area contributed by atoms with Crippen LogP contribution in [0.5, 0.6) is 11.5 Å². The van der Waals surface area contributed by atoms with E-state index >= 15 is 0 Å². The lowest BCUT2D eigenvalue weighted by atomic mass is 10.0. The van der Waals surface area contributed by atoms with Crippen molar-refractivity contribution >= 4 is 52.1 Å². The molecule has 0 radical (unpaired) electrons. The minimum Gasteiger partial charge on any atom is -0.457 e. The molecule has 1 unspecified atom stereocenters. The summed E-state index contributed by atoms with van der Waals surface area (Å²) in [6, 6.07) is 20.7. The van der Waals surface area contributed by atoms with E-state index in [1.54, 1.807) is 17.0 Å². The number of nitrogen functional groups attached to an aromatic ring is 1. The molecule has 2 aromatic heterocycles. The van der Waals surface area contributed by atoms with Crippen LogP contribution in [-0.4, -0.2) is 136 Å². The van der Waals surface area contributed by atoms with Gasteiger partial charge in [0.05, 0.1) is 68.7 Å². The Balaban J connectivity index is 0.727. The largest absolute Gasteiger partial charge is 0.457 e. The Kier molecular flexibility index (Phi) is 14.6. The SMILES string of the molecule is N/C(=C\N(N)CCOCCOCCOCCNc1cccc2c1C(=O)N(C1CCC(=O)NC1=O)C2=O)C(=O)N1CCC[C@@H](n2nc(-c3ccc(Oc4ccccc4)cc3)c3c(N)ncnc32)C1. The van der Waals surface area contributed by atoms with E-state index in [2.05, 4.69) is 20.6 Å². The van der Waals surface area contributed by atoms with Crippen molar-refractivity contribution in [3.63, 3.8) is 0 Å². The van der Waals surface area contributed by atoms with Crippen molar-refractivity contribution in [1.29, 1.82) is 0 Å². The number of ether oxygens (including phenoxy) is 4. The van der Waals surface area contributed by atoms with Gasteiger partial charge in [-0.15, -0.1) is 0 Å². The van der Waals surface area contributed by atoms with Crippen LogP contribution in [0.15, 0.2) is 91.0 Å².